The fourth-order valence-electron chi connectivity index (χ4n) is 3.80. The average molecular weight is 445 g/mol. The second-order valence-electron chi connectivity index (χ2n) is 10.5. The van der Waals surface area contributed by atoms with Gasteiger partial charge in [0, 0.05) is 43.3 Å². The van der Waals surface area contributed by atoms with Gasteiger partial charge in [-0.05, 0) is 56.8 Å². The van der Waals surface area contributed by atoms with E-state index >= 15 is 0 Å². The Kier molecular flexibility index (Phi) is 13.0. The number of benzene rings is 1. The van der Waals surface area contributed by atoms with E-state index in [1.54, 1.807) is 0 Å². The molecule has 1 saturated heterocycles. The van der Waals surface area contributed by atoms with E-state index in [-0.39, 0.29) is 11.8 Å². The highest BCUT2D eigenvalue weighted by Crippen LogP contribution is 2.23. The molecule has 2 rings (SSSR count). The van der Waals surface area contributed by atoms with Crippen molar-refractivity contribution in [2.45, 2.75) is 99.7 Å². The summed E-state index contributed by atoms with van der Waals surface area (Å²) in [6.07, 6.45) is 3.77. The molecule has 1 aliphatic heterocycles. The zero-order valence-corrected chi connectivity index (χ0v) is 21.9. The molecule has 0 aromatic heterocycles. The first kappa shape index (κ1) is 28.5. The summed E-state index contributed by atoms with van der Waals surface area (Å²) < 4.78 is 0. The Morgan fingerprint density at radius 1 is 0.875 bits per heavy atom. The Labute approximate surface area is 197 Å². The summed E-state index contributed by atoms with van der Waals surface area (Å²) >= 11 is 0. The molecule has 1 aromatic carbocycles. The number of hydrogen-bond donors (Lipinski definition) is 1. The third-order valence-electron chi connectivity index (χ3n) is 6.34. The van der Waals surface area contributed by atoms with Crippen LogP contribution in [0, 0.1) is 17.8 Å². The van der Waals surface area contributed by atoms with Gasteiger partial charge in [0.15, 0.2) is 0 Å². The predicted molar refractivity (Wildman–Crippen MR) is 136 cm³/mol. The van der Waals surface area contributed by atoms with Crippen LogP contribution in [0.1, 0.15) is 85.8 Å². The molecule has 4 heteroatoms. The van der Waals surface area contributed by atoms with Gasteiger partial charge in [-0.2, -0.15) is 0 Å². The van der Waals surface area contributed by atoms with Gasteiger partial charge >= 0.3 is 0 Å². The Bertz CT molecular complexity index is 686. The van der Waals surface area contributed by atoms with E-state index in [9.17, 15) is 9.59 Å². The van der Waals surface area contributed by atoms with Gasteiger partial charge in [0.05, 0.1) is 0 Å². The number of carbonyl (C=O) groups is 2. The van der Waals surface area contributed by atoms with Gasteiger partial charge in [0.25, 0.3) is 0 Å². The molecule has 1 aliphatic rings. The molecule has 0 radical (unpaired) electrons. The Balaban J connectivity index is 0.000000323. The smallest absolute Gasteiger partial charge is 0.139 e. The number of likely N-dealkylation sites (tertiary alicyclic amines) is 1. The highest BCUT2D eigenvalue weighted by atomic mass is 16.1. The first-order valence-electron chi connectivity index (χ1n) is 12.6. The van der Waals surface area contributed by atoms with Crippen molar-refractivity contribution in [1.29, 1.82) is 0 Å². The molecule has 1 fully saturated rings. The van der Waals surface area contributed by atoms with E-state index in [1.807, 2.05) is 39.8 Å². The van der Waals surface area contributed by atoms with Crippen LogP contribution in [-0.4, -0.2) is 41.6 Å². The molecular weight excluding hydrogens is 396 g/mol. The fourth-order valence-corrected chi connectivity index (χ4v) is 3.80. The fraction of sp³-hybridized carbons (Fsp3) is 0.714. The van der Waals surface area contributed by atoms with Crippen LogP contribution >= 0.6 is 0 Å². The summed E-state index contributed by atoms with van der Waals surface area (Å²) in [5.41, 5.74) is 2.38. The number of Topliss-reactive ketones (excluding diaryl/α,β-unsaturated/α-hetero) is 2. The molecule has 1 N–H and O–H groups in total. The monoisotopic (exact) mass is 444 g/mol. The van der Waals surface area contributed by atoms with Gasteiger partial charge in [-0.1, -0.05) is 65.8 Å². The largest absolute Gasteiger partial charge is 0.310 e. The minimum Gasteiger partial charge on any atom is -0.310 e. The van der Waals surface area contributed by atoms with Crippen LogP contribution in [0.15, 0.2) is 24.3 Å². The summed E-state index contributed by atoms with van der Waals surface area (Å²) in [6, 6.07) is 9.30. The van der Waals surface area contributed by atoms with Crippen LogP contribution < -0.4 is 5.32 Å². The summed E-state index contributed by atoms with van der Waals surface area (Å²) in [7, 11) is 0. The van der Waals surface area contributed by atoms with E-state index in [0.717, 1.165) is 18.5 Å². The summed E-state index contributed by atoms with van der Waals surface area (Å²) in [6.45, 7) is 19.9. The number of piperidine rings is 1. The van der Waals surface area contributed by atoms with Crippen LogP contribution in [0.5, 0.6) is 0 Å². The lowest BCUT2D eigenvalue weighted by atomic mass is 9.88. The minimum atomic E-state index is 0.112. The van der Waals surface area contributed by atoms with Crippen molar-refractivity contribution < 1.29 is 9.59 Å². The number of carbonyl (C=O) groups excluding carboxylic acids is 2. The van der Waals surface area contributed by atoms with E-state index in [2.05, 4.69) is 50.0 Å². The quantitative estimate of drug-likeness (QED) is 0.505. The third kappa shape index (κ3) is 10.9. The standard InChI is InChI=1S/C15H23NO.C13H25NO/c1-11(2)15(17)9-13-7-5-6-8-14(13)10-16-12(3)4;1-10(2)13(15)9-12-5-7-14(8-6-12)11(3)4/h5-8,11-12,16H,9-10H2,1-4H3;10-12H,5-9H2,1-4H3. The molecule has 0 bridgehead atoms. The number of ketones is 2. The predicted octanol–water partition coefficient (Wildman–Crippen LogP) is 5.67. The molecule has 4 nitrogen and oxygen atoms in total. The molecule has 0 spiro atoms. The SMILES string of the molecule is CC(C)C(=O)CC1CCN(C(C)C)CC1.CC(C)NCc1ccccc1CC(=O)C(C)C. The molecule has 0 saturated carbocycles. The van der Waals surface area contributed by atoms with Crippen LogP contribution in [0.25, 0.3) is 0 Å². The number of rotatable bonds is 10. The number of nitrogens with zero attached hydrogens (tertiary/aromatic N) is 1. The summed E-state index contributed by atoms with van der Waals surface area (Å²) in [4.78, 5) is 25.9. The van der Waals surface area contributed by atoms with E-state index < -0.39 is 0 Å². The first-order valence-corrected chi connectivity index (χ1v) is 12.6. The molecular formula is C28H48N2O2. The molecule has 0 amide bonds. The van der Waals surface area contributed by atoms with Crippen molar-refractivity contribution in [2.75, 3.05) is 13.1 Å². The zero-order valence-electron chi connectivity index (χ0n) is 21.9. The summed E-state index contributed by atoms with van der Waals surface area (Å²) in [5, 5.41) is 3.39. The second kappa shape index (κ2) is 14.6. The lowest BCUT2D eigenvalue weighted by Crippen LogP contribution is -2.39. The molecule has 1 heterocycles. The lowest BCUT2D eigenvalue weighted by molar-refractivity contribution is -0.123. The van der Waals surface area contributed by atoms with Crippen molar-refractivity contribution in [1.82, 2.24) is 10.2 Å². The Morgan fingerprint density at radius 3 is 1.88 bits per heavy atom. The van der Waals surface area contributed by atoms with Crippen LogP contribution in [0.2, 0.25) is 0 Å². The molecule has 0 atom stereocenters. The van der Waals surface area contributed by atoms with E-state index in [0.29, 0.717) is 36.0 Å². The van der Waals surface area contributed by atoms with Crippen molar-refractivity contribution in [3.8, 4) is 0 Å². The molecule has 1 aromatic rings. The normalized spacial score (nSPS) is 15.4. The van der Waals surface area contributed by atoms with Gasteiger partial charge in [0.1, 0.15) is 11.6 Å². The molecule has 0 aliphatic carbocycles. The van der Waals surface area contributed by atoms with Crippen LogP contribution in [-0.2, 0) is 22.6 Å². The van der Waals surface area contributed by atoms with Crippen molar-refractivity contribution in [3.05, 3.63) is 35.4 Å². The van der Waals surface area contributed by atoms with Crippen LogP contribution in [0.4, 0.5) is 0 Å². The average Bonchev–Trinajstić information content (AvgIpc) is 2.73. The van der Waals surface area contributed by atoms with Crippen molar-refractivity contribution >= 4 is 11.6 Å². The van der Waals surface area contributed by atoms with E-state index in [4.69, 9.17) is 0 Å². The molecule has 32 heavy (non-hydrogen) atoms. The minimum absolute atomic E-state index is 0.112. The molecule has 182 valence electrons. The first-order chi connectivity index (χ1) is 15.0. The maximum Gasteiger partial charge on any atom is 0.139 e. The lowest BCUT2D eigenvalue weighted by Gasteiger charge is -2.34. The zero-order chi connectivity index (χ0) is 24.3. The van der Waals surface area contributed by atoms with Gasteiger partial charge < -0.3 is 10.2 Å². The summed E-state index contributed by atoms with van der Waals surface area (Å²) in [5.74, 6) is 1.73. The maximum absolute atomic E-state index is 11.8. The van der Waals surface area contributed by atoms with Crippen molar-refractivity contribution in [3.63, 3.8) is 0 Å². The number of nitrogens with one attached hydrogen (secondary N) is 1. The van der Waals surface area contributed by atoms with Crippen LogP contribution in [0.3, 0.4) is 0 Å². The highest BCUT2D eigenvalue weighted by molar-refractivity contribution is 5.83. The maximum atomic E-state index is 11.8. The Morgan fingerprint density at radius 2 is 1.41 bits per heavy atom. The van der Waals surface area contributed by atoms with Gasteiger partial charge in [-0.15, -0.1) is 0 Å². The van der Waals surface area contributed by atoms with Crippen molar-refractivity contribution in [2.24, 2.45) is 17.8 Å². The van der Waals surface area contributed by atoms with Gasteiger partial charge in [-0.3, -0.25) is 9.59 Å². The van der Waals surface area contributed by atoms with Gasteiger partial charge in [0.2, 0.25) is 0 Å². The Hall–Kier alpha value is -1.52. The highest BCUT2D eigenvalue weighted by Gasteiger charge is 2.23. The van der Waals surface area contributed by atoms with Gasteiger partial charge in [-0.25, -0.2) is 0 Å². The molecule has 0 unspecified atom stereocenters. The second-order valence-corrected chi connectivity index (χ2v) is 10.5. The van der Waals surface area contributed by atoms with E-state index in [1.165, 1.54) is 31.5 Å². The number of hydrogen-bond acceptors (Lipinski definition) is 4. The third-order valence-corrected chi connectivity index (χ3v) is 6.34. The topological polar surface area (TPSA) is 49.4 Å².